The van der Waals surface area contributed by atoms with Crippen molar-refractivity contribution in [3.63, 3.8) is 0 Å². The number of carbonyl (C=O) groups excluding carboxylic acids is 1. The summed E-state index contributed by atoms with van der Waals surface area (Å²) in [6.07, 6.45) is 0. The predicted octanol–water partition coefficient (Wildman–Crippen LogP) is 3.54. The van der Waals surface area contributed by atoms with Crippen molar-refractivity contribution in [2.45, 2.75) is 13.8 Å². The molecule has 4 nitrogen and oxygen atoms in total. The molecule has 0 aliphatic heterocycles. The molecule has 0 radical (unpaired) electrons. The minimum Gasteiger partial charge on any atom is -0.497 e. The van der Waals surface area contributed by atoms with Gasteiger partial charge in [-0.2, -0.15) is 0 Å². The Labute approximate surface area is 124 Å². The van der Waals surface area contributed by atoms with Gasteiger partial charge in [0.1, 0.15) is 22.8 Å². The molecule has 110 valence electrons. The second-order valence-electron chi connectivity index (χ2n) is 4.68. The quantitative estimate of drug-likeness (QED) is 0.637. The number of ether oxygens (including phenoxy) is 3. The van der Waals surface area contributed by atoms with Gasteiger partial charge in [-0.15, -0.1) is 0 Å². The van der Waals surface area contributed by atoms with E-state index in [0.717, 1.165) is 11.1 Å². The van der Waals surface area contributed by atoms with E-state index >= 15 is 0 Å². The van der Waals surface area contributed by atoms with Crippen LogP contribution in [0.1, 0.15) is 21.5 Å². The lowest BCUT2D eigenvalue weighted by Crippen LogP contribution is -2.11. The van der Waals surface area contributed by atoms with Gasteiger partial charge in [-0.25, -0.2) is 4.79 Å². The molecule has 0 atom stereocenters. The summed E-state index contributed by atoms with van der Waals surface area (Å²) in [7, 11) is 3.06. The molecule has 0 aliphatic rings. The van der Waals surface area contributed by atoms with Crippen LogP contribution >= 0.6 is 0 Å². The molecule has 0 saturated heterocycles. The maximum atomic E-state index is 12.4. The Kier molecular flexibility index (Phi) is 4.48. The lowest BCUT2D eigenvalue weighted by molar-refractivity contribution is 0.0728. The van der Waals surface area contributed by atoms with Gasteiger partial charge in [-0.1, -0.05) is 18.2 Å². The van der Waals surface area contributed by atoms with E-state index in [9.17, 15) is 4.79 Å². The van der Waals surface area contributed by atoms with E-state index in [1.165, 1.54) is 7.11 Å². The zero-order chi connectivity index (χ0) is 15.4. The average Bonchev–Trinajstić information content (AvgIpc) is 2.50. The molecule has 0 N–H and O–H groups in total. The lowest BCUT2D eigenvalue weighted by atomic mass is 10.1. The largest absolute Gasteiger partial charge is 0.497 e. The van der Waals surface area contributed by atoms with E-state index in [-0.39, 0.29) is 0 Å². The van der Waals surface area contributed by atoms with E-state index < -0.39 is 5.97 Å². The number of carbonyl (C=O) groups is 1. The van der Waals surface area contributed by atoms with Gasteiger partial charge in [-0.3, -0.25) is 0 Å². The molecule has 0 unspecified atom stereocenters. The number of para-hydroxylation sites is 1. The van der Waals surface area contributed by atoms with Gasteiger partial charge < -0.3 is 14.2 Å². The van der Waals surface area contributed by atoms with E-state index in [0.29, 0.717) is 22.8 Å². The first-order valence-corrected chi connectivity index (χ1v) is 6.57. The highest BCUT2D eigenvalue weighted by Crippen LogP contribution is 2.28. The molecule has 2 aromatic rings. The SMILES string of the molecule is COc1ccc(C(=O)Oc2c(C)cccc2C)c(OC)c1. The van der Waals surface area contributed by atoms with E-state index in [2.05, 4.69) is 0 Å². The summed E-state index contributed by atoms with van der Waals surface area (Å²) in [6, 6.07) is 10.7. The van der Waals surface area contributed by atoms with Gasteiger partial charge in [0.25, 0.3) is 0 Å². The Morgan fingerprint density at radius 1 is 0.952 bits per heavy atom. The van der Waals surface area contributed by atoms with Gasteiger partial charge in [-0.05, 0) is 37.1 Å². The van der Waals surface area contributed by atoms with Crippen LogP contribution in [0.4, 0.5) is 0 Å². The van der Waals surface area contributed by atoms with Crippen molar-refractivity contribution in [2.75, 3.05) is 14.2 Å². The average molecular weight is 286 g/mol. The Bertz CT molecular complexity index is 642. The zero-order valence-corrected chi connectivity index (χ0v) is 12.6. The minimum absolute atomic E-state index is 0.362. The minimum atomic E-state index is -0.452. The molecule has 0 bridgehead atoms. The molecule has 0 amide bonds. The third-order valence-electron chi connectivity index (χ3n) is 3.23. The summed E-state index contributed by atoms with van der Waals surface area (Å²) in [6.45, 7) is 3.81. The highest BCUT2D eigenvalue weighted by Gasteiger charge is 2.17. The molecule has 2 aromatic carbocycles. The van der Waals surface area contributed by atoms with Crippen molar-refractivity contribution >= 4 is 5.97 Å². The molecule has 0 saturated carbocycles. The van der Waals surface area contributed by atoms with Crippen molar-refractivity contribution in [1.82, 2.24) is 0 Å². The van der Waals surface area contributed by atoms with Gasteiger partial charge in [0, 0.05) is 6.07 Å². The Balaban J connectivity index is 2.32. The van der Waals surface area contributed by atoms with Gasteiger partial charge >= 0.3 is 5.97 Å². The predicted molar refractivity (Wildman–Crippen MR) is 80.4 cm³/mol. The van der Waals surface area contributed by atoms with Crippen LogP contribution in [-0.2, 0) is 0 Å². The third kappa shape index (κ3) is 3.16. The standard InChI is InChI=1S/C17H18O4/c1-11-6-5-7-12(2)16(11)21-17(18)14-9-8-13(19-3)10-15(14)20-4/h5-10H,1-4H3. The number of rotatable bonds is 4. The number of hydrogen-bond acceptors (Lipinski definition) is 4. The van der Waals surface area contributed by atoms with Crippen LogP contribution in [0.15, 0.2) is 36.4 Å². The van der Waals surface area contributed by atoms with Crippen LogP contribution in [0, 0.1) is 13.8 Å². The highest BCUT2D eigenvalue weighted by molar-refractivity contribution is 5.94. The first kappa shape index (κ1) is 14.9. The van der Waals surface area contributed by atoms with Gasteiger partial charge in [0.05, 0.1) is 14.2 Å². The van der Waals surface area contributed by atoms with Crippen LogP contribution in [0.25, 0.3) is 0 Å². The number of esters is 1. The van der Waals surface area contributed by atoms with Crippen molar-refractivity contribution in [3.8, 4) is 17.2 Å². The molecule has 0 spiro atoms. The fraction of sp³-hybridized carbons (Fsp3) is 0.235. The number of benzene rings is 2. The summed E-state index contributed by atoms with van der Waals surface area (Å²) in [4.78, 5) is 12.4. The second kappa shape index (κ2) is 6.31. The smallest absolute Gasteiger partial charge is 0.347 e. The van der Waals surface area contributed by atoms with E-state index in [1.54, 1.807) is 25.3 Å². The topological polar surface area (TPSA) is 44.8 Å². The van der Waals surface area contributed by atoms with Gasteiger partial charge in [0.15, 0.2) is 0 Å². The Morgan fingerprint density at radius 3 is 2.19 bits per heavy atom. The van der Waals surface area contributed by atoms with Crippen molar-refractivity contribution in [1.29, 1.82) is 0 Å². The fourth-order valence-electron chi connectivity index (χ4n) is 2.07. The van der Waals surface area contributed by atoms with Crippen molar-refractivity contribution in [3.05, 3.63) is 53.1 Å². The molecule has 4 heteroatoms. The van der Waals surface area contributed by atoms with Crippen LogP contribution in [0.2, 0.25) is 0 Å². The molecule has 0 aliphatic carbocycles. The summed E-state index contributed by atoms with van der Waals surface area (Å²) in [5, 5.41) is 0. The normalized spacial score (nSPS) is 10.1. The monoisotopic (exact) mass is 286 g/mol. The molecular formula is C17H18O4. The summed E-state index contributed by atoms with van der Waals surface area (Å²) in [5.41, 5.74) is 2.19. The van der Waals surface area contributed by atoms with Crippen molar-refractivity contribution < 1.29 is 19.0 Å². The summed E-state index contributed by atoms with van der Waals surface area (Å²) in [5.74, 6) is 1.17. The van der Waals surface area contributed by atoms with Crippen LogP contribution < -0.4 is 14.2 Å². The Morgan fingerprint density at radius 2 is 1.62 bits per heavy atom. The number of methoxy groups -OCH3 is 2. The van der Waals surface area contributed by atoms with Crippen LogP contribution in [0.3, 0.4) is 0 Å². The van der Waals surface area contributed by atoms with Crippen LogP contribution in [0.5, 0.6) is 17.2 Å². The molecule has 2 rings (SSSR count). The Hall–Kier alpha value is -2.49. The summed E-state index contributed by atoms with van der Waals surface area (Å²) < 4.78 is 15.9. The second-order valence-corrected chi connectivity index (χ2v) is 4.68. The van der Waals surface area contributed by atoms with E-state index in [4.69, 9.17) is 14.2 Å². The number of hydrogen-bond donors (Lipinski definition) is 0. The molecule has 0 heterocycles. The zero-order valence-electron chi connectivity index (χ0n) is 12.6. The highest BCUT2D eigenvalue weighted by atomic mass is 16.5. The first-order chi connectivity index (χ1) is 10.1. The van der Waals surface area contributed by atoms with Crippen LogP contribution in [-0.4, -0.2) is 20.2 Å². The molecule has 0 fully saturated rings. The van der Waals surface area contributed by atoms with E-state index in [1.807, 2.05) is 32.0 Å². The maximum Gasteiger partial charge on any atom is 0.347 e. The molecule has 21 heavy (non-hydrogen) atoms. The van der Waals surface area contributed by atoms with Crippen molar-refractivity contribution in [2.24, 2.45) is 0 Å². The third-order valence-corrected chi connectivity index (χ3v) is 3.23. The number of aryl methyl sites for hydroxylation is 2. The lowest BCUT2D eigenvalue weighted by Gasteiger charge is -2.12. The van der Waals surface area contributed by atoms with Gasteiger partial charge in [0.2, 0.25) is 0 Å². The fourth-order valence-corrected chi connectivity index (χ4v) is 2.07. The summed E-state index contributed by atoms with van der Waals surface area (Å²) >= 11 is 0. The molecule has 0 aromatic heterocycles. The maximum absolute atomic E-state index is 12.4. The molecular weight excluding hydrogens is 268 g/mol. The first-order valence-electron chi connectivity index (χ1n) is 6.57.